The van der Waals surface area contributed by atoms with Gasteiger partial charge in [0.15, 0.2) is 0 Å². The molecule has 4 heteroatoms. The van der Waals surface area contributed by atoms with Gasteiger partial charge in [0.05, 0.1) is 6.61 Å². The normalized spacial score (nSPS) is 20.4. The first-order valence-electron chi connectivity index (χ1n) is 7.25. The lowest BCUT2D eigenvalue weighted by Crippen LogP contribution is -2.20. The standard InChI is InChI=1S/C16H18ClNO2/c17-13-5-6-15(20-10-12-3-4-12)14(9-13)16(18-11-19)7-1-2-8-16/h5-6,9,12H,1-4,7-8,10H2. The van der Waals surface area contributed by atoms with Crippen LogP contribution in [0, 0.1) is 5.92 Å². The molecule has 2 saturated carbocycles. The zero-order valence-electron chi connectivity index (χ0n) is 11.4. The van der Waals surface area contributed by atoms with Crippen LogP contribution < -0.4 is 4.74 Å². The number of nitrogens with zero attached hydrogens (tertiary/aromatic N) is 1. The topological polar surface area (TPSA) is 38.7 Å². The number of carbonyl (C=O) groups excluding carboxylic acids is 1. The van der Waals surface area contributed by atoms with E-state index in [-0.39, 0.29) is 0 Å². The molecule has 0 aromatic heterocycles. The van der Waals surface area contributed by atoms with E-state index < -0.39 is 5.54 Å². The van der Waals surface area contributed by atoms with Crippen molar-refractivity contribution in [1.82, 2.24) is 0 Å². The number of hydrogen-bond acceptors (Lipinski definition) is 3. The van der Waals surface area contributed by atoms with Crippen LogP contribution in [-0.2, 0) is 10.3 Å². The highest BCUT2D eigenvalue weighted by atomic mass is 35.5. The molecule has 106 valence electrons. The molecule has 0 radical (unpaired) electrons. The summed E-state index contributed by atoms with van der Waals surface area (Å²) in [5.41, 5.74) is 0.470. The lowest BCUT2D eigenvalue weighted by Gasteiger charge is -2.25. The maximum atomic E-state index is 10.8. The summed E-state index contributed by atoms with van der Waals surface area (Å²) >= 11 is 6.14. The van der Waals surface area contributed by atoms with E-state index in [1.807, 2.05) is 18.2 Å². The van der Waals surface area contributed by atoms with Gasteiger partial charge in [-0.15, -0.1) is 0 Å². The highest BCUT2D eigenvalue weighted by Crippen LogP contribution is 2.46. The predicted molar refractivity (Wildman–Crippen MR) is 77.9 cm³/mol. The van der Waals surface area contributed by atoms with Crippen molar-refractivity contribution < 1.29 is 9.53 Å². The molecule has 3 rings (SSSR count). The molecule has 0 amide bonds. The zero-order valence-corrected chi connectivity index (χ0v) is 12.2. The SMILES string of the molecule is O=C=NC1(c2cc(Cl)ccc2OCC2CC2)CCCC1. The van der Waals surface area contributed by atoms with Crippen LogP contribution in [0.3, 0.4) is 0 Å². The minimum absolute atomic E-state index is 0.481. The zero-order chi connectivity index (χ0) is 14.0. The van der Waals surface area contributed by atoms with Crippen molar-refractivity contribution in [1.29, 1.82) is 0 Å². The summed E-state index contributed by atoms with van der Waals surface area (Å²) in [6.45, 7) is 0.746. The first kappa shape index (κ1) is 13.7. The first-order valence-corrected chi connectivity index (χ1v) is 7.63. The van der Waals surface area contributed by atoms with Gasteiger partial charge in [-0.2, -0.15) is 4.99 Å². The van der Waals surface area contributed by atoms with Crippen molar-refractivity contribution in [3.8, 4) is 5.75 Å². The Morgan fingerprint density at radius 3 is 2.75 bits per heavy atom. The molecule has 0 bridgehead atoms. The molecule has 1 aromatic carbocycles. The Kier molecular flexibility index (Phi) is 3.82. The highest BCUT2D eigenvalue weighted by Gasteiger charge is 2.38. The molecule has 0 spiro atoms. The minimum Gasteiger partial charge on any atom is -0.493 e. The van der Waals surface area contributed by atoms with Crippen molar-refractivity contribution in [3.05, 3.63) is 28.8 Å². The van der Waals surface area contributed by atoms with Crippen LogP contribution in [0.1, 0.15) is 44.1 Å². The lowest BCUT2D eigenvalue weighted by molar-refractivity contribution is 0.288. The molecular formula is C16H18ClNO2. The Labute approximate surface area is 124 Å². The first-order chi connectivity index (χ1) is 9.73. The summed E-state index contributed by atoms with van der Waals surface area (Å²) < 4.78 is 5.95. The fraction of sp³-hybridized carbons (Fsp3) is 0.562. The second-order valence-corrected chi connectivity index (χ2v) is 6.27. The van der Waals surface area contributed by atoms with Crippen LogP contribution in [0.15, 0.2) is 23.2 Å². The Hall–Kier alpha value is -1.31. The molecule has 0 unspecified atom stereocenters. The second kappa shape index (κ2) is 5.59. The van der Waals surface area contributed by atoms with Crippen LogP contribution >= 0.6 is 11.6 Å². The average Bonchev–Trinajstić information content (AvgIpc) is 3.16. The number of hydrogen-bond donors (Lipinski definition) is 0. The number of aliphatic imine (C=N–C) groups is 1. The van der Waals surface area contributed by atoms with E-state index in [4.69, 9.17) is 16.3 Å². The molecule has 0 saturated heterocycles. The van der Waals surface area contributed by atoms with Gasteiger partial charge in [0.1, 0.15) is 11.3 Å². The number of rotatable bonds is 5. The maximum absolute atomic E-state index is 10.8. The van der Waals surface area contributed by atoms with Gasteiger partial charge >= 0.3 is 0 Å². The number of benzene rings is 1. The monoisotopic (exact) mass is 291 g/mol. The summed E-state index contributed by atoms with van der Waals surface area (Å²) in [7, 11) is 0. The molecule has 20 heavy (non-hydrogen) atoms. The molecule has 0 atom stereocenters. The van der Waals surface area contributed by atoms with Gasteiger partial charge in [-0.25, -0.2) is 4.79 Å². The van der Waals surface area contributed by atoms with E-state index in [9.17, 15) is 4.79 Å². The van der Waals surface area contributed by atoms with E-state index in [0.717, 1.165) is 43.6 Å². The van der Waals surface area contributed by atoms with E-state index in [2.05, 4.69) is 4.99 Å². The molecule has 3 nitrogen and oxygen atoms in total. The molecule has 0 aliphatic heterocycles. The van der Waals surface area contributed by atoms with Crippen LogP contribution in [0.25, 0.3) is 0 Å². The summed E-state index contributed by atoms with van der Waals surface area (Å²) in [6.07, 6.45) is 8.12. The van der Waals surface area contributed by atoms with Crippen LogP contribution in [0.2, 0.25) is 5.02 Å². The summed E-state index contributed by atoms with van der Waals surface area (Å²) in [5, 5.41) is 0.658. The van der Waals surface area contributed by atoms with Crippen molar-refractivity contribution in [2.75, 3.05) is 6.61 Å². The third-order valence-corrected chi connectivity index (χ3v) is 4.54. The molecule has 0 N–H and O–H groups in total. The number of halogens is 1. The fourth-order valence-electron chi connectivity index (χ4n) is 2.97. The molecule has 2 fully saturated rings. The maximum Gasteiger partial charge on any atom is 0.235 e. The van der Waals surface area contributed by atoms with E-state index in [1.165, 1.54) is 12.8 Å². The van der Waals surface area contributed by atoms with Gasteiger partial charge in [0.2, 0.25) is 6.08 Å². The molecule has 2 aliphatic carbocycles. The smallest absolute Gasteiger partial charge is 0.235 e. The second-order valence-electron chi connectivity index (χ2n) is 5.84. The fourth-order valence-corrected chi connectivity index (χ4v) is 3.14. The Morgan fingerprint density at radius 2 is 2.10 bits per heavy atom. The summed E-state index contributed by atoms with van der Waals surface area (Å²) in [6, 6.07) is 5.64. The Morgan fingerprint density at radius 1 is 1.35 bits per heavy atom. The van der Waals surface area contributed by atoms with Crippen LogP contribution in [0.4, 0.5) is 0 Å². The molecular weight excluding hydrogens is 274 g/mol. The number of isocyanates is 1. The Bertz CT molecular complexity index is 541. The van der Waals surface area contributed by atoms with Crippen molar-refractivity contribution in [2.24, 2.45) is 10.9 Å². The van der Waals surface area contributed by atoms with Crippen LogP contribution in [-0.4, -0.2) is 12.7 Å². The average molecular weight is 292 g/mol. The quantitative estimate of drug-likeness (QED) is 0.601. The molecule has 0 heterocycles. The Balaban J connectivity index is 1.95. The van der Waals surface area contributed by atoms with E-state index in [0.29, 0.717) is 10.9 Å². The van der Waals surface area contributed by atoms with Gasteiger partial charge < -0.3 is 4.74 Å². The highest BCUT2D eigenvalue weighted by molar-refractivity contribution is 6.30. The van der Waals surface area contributed by atoms with Crippen molar-refractivity contribution >= 4 is 17.7 Å². The van der Waals surface area contributed by atoms with Crippen molar-refractivity contribution in [3.63, 3.8) is 0 Å². The lowest BCUT2D eigenvalue weighted by atomic mass is 9.88. The molecule has 2 aliphatic rings. The van der Waals surface area contributed by atoms with Gasteiger partial charge in [-0.1, -0.05) is 24.4 Å². The predicted octanol–water partition coefficient (Wildman–Crippen LogP) is 4.23. The minimum atomic E-state index is -0.481. The number of ether oxygens (including phenoxy) is 1. The molecule has 1 aromatic rings. The van der Waals surface area contributed by atoms with Crippen LogP contribution in [0.5, 0.6) is 5.75 Å². The van der Waals surface area contributed by atoms with Crippen molar-refractivity contribution in [2.45, 2.75) is 44.1 Å². The van der Waals surface area contributed by atoms with Gasteiger partial charge in [0.25, 0.3) is 0 Å². The van der Waals surface area contributed by atoms with Gasteiger partial charge in [-0.05, 0) is 49.8 Å². The van der Waals surface area contributed by atoms with Gasteiger partial charge in [0, 0.05) is 10.6 Å². The third kappa shape index (κ3) is 2.74. The van der Waals surface area contributed by atoms with E-state index >= 15 is 0 Å². The summed E-state index contributed by atoms with van der Waals surface area (Å²) in [4.78, 5) is 15.0. The largest absolute Gasteiger partial charge is 0.493 e. The van der Waals surface area contributed by atoms with E-state index in [1.54, 1.807) is 6.08 Å². The third-order valence-electron chi connectivity index (χ3n) is 4.30. The summed E-state index contributed by atoms with van der Waals surface area (Å²) in [5.74, 6) is 1.51. The van der Waals surface area contributed by atoms with Gasteiger partial charge in [-0.3, -0.25) is 0 Å².